The van der Waals surface area contributed by atoms with Crippen molar-refractivity contribution in [2.45, 2.75) is 48.5 Å². The fourth-order valence-corrected chi connectivity index (χ4v) is 7.74. The molecule has 0 aliphatic carbocycles. The highest BCUT2D eigenvalue weighted by molar-refractivity contribution is 9.09. The van der Waals surface area contributed by atoms with Crippen molar-refractivity contribution in [3.63, 3.8) is 0 Å². The number of benzene rings is 2. The van der Waals surface area contributed by atoms with Gasteiger partial charge < -0.3 is 24.5 Å². The highest BCUT2D eigenvalue weighted by Gasteiger charge is 2.77. The number of fused-ring (bicyclic) bond motifs is 1. The Bertz CT molecular complexity index is 1310. The second-order valence-electron chi connectivity index (χ2n) is 11.0. The molecular formula is C32H36BrN3O5. The molecule has 0 radical (unpaired) electrons. The SMILES string of the molecule is C=CCN(Cc1ccccc1)C(=O)C1N([C@H](C)CO)C(=O)[C@@H]2[C@H](C(=O)N(CC=C)c3ccccc3)[C@H]3OC12CC3Br. The van der Waals surface area contributed by atoms with Gasteiger partial charge in [0.15, 0.2) is 0 Å². The van der Waals surface area contributed by atoms with Gasteiger partial charge in [-0.05, 0) is 31.0 Å². The third-order valence-corrected chi connectivity index (χ3v) is 9.35. The molecule has 2 bridgehead atoms. The van der Waals surface area contributed by atoms with E-state index in [4.69, 9.17) is 4.74 Å². The molecule has 0 saturated carbocycles. The van der Waals surface area contributed by atoms with E-state index in [-0.39, 0.29) is 42.2 Å². The number of hydrogen-bond acceptors (Lipinski definition) is 5. The summed E-state index contributed by atoms with van der Waals surface area (Å²) in [5.74, 6) is -2.55. The zero-order valence-corrected chi connectivity index (χ0v) is 24.7. The molecule has 3 aliphatic heterocycles. The minimum absolute atomic E-state index is 0.233. The predicted octanol–water partition coefficient (Wildman–Crippen LogP) is 3.55. The van der Waals surface area contributed by atoms with Gasteiger partial charge >= 0.3 is 0 Å². The van der Waals surface area contributed by atoms with Gasteiger partial charge in [0.1, 0.15) is 11.6 Å². The quantitative estimate of drug-likeness (QED) is 0.306. The molecule has 3 saturated heterocycles. The highest BCUT2D eigenvalue weighted by Crippen LogP contribution is 2.61. The number of aliphatic hydroxyl groups is 1. The van der Waals surface area contributed by atoms with E-state index in [1.165, 1.54) is 4.90 Å². The van der Waals surface area contributed by atoms with Crippen LogP contribution in [0.15, 0.2) is 86.0 Å². The topological polar surface area (TPSA) is 90.4 Å². The maximum Gasteiger partial charge on any atom is 0.249 e. The lowest BCUT2D eigenvalue weighted by atomic mass is 9.70. The van der Waals surface area contributed by atoms with Crippen LogP contribution < -0.4 is 4.90 Å². The Labute approximate surface area is 249 Å². The molecule has 41 heavy (non-hydrogen) atoms. The number of amides is 3. The third-order valence-electron chi connectivity index (χ3n) is 8.51. The van der Waals surface area contributed by atoms with Gasteiger partial charge in [-0.25, -0.2) is 0 Å². The molecule has 0 aromatic heterocycles. The van der Waals surface area contributed by atoms with Gasteiger partial charge in [0.2, 0.25) is 17.7 Å². The number of alkyl halides is 1. The highest BCUT2D eigenvalue weighted by atomic mass is 79.9. The first-order valence-corrected chi connectivity index (χ1v) is 14.9. The zero-order valence-electron chi connectivity index (χ0n) is 23.1. The van der Waals surface area contributed by atoms with Gasteiger partial charge in [-0.1, -0.05) is 76.6 Å². The first-order valence-electron chi connectivity index (χ1n) is 13.9. The summed E-state index contributed by atoms with van der Waals surface area (Å²) >= 11 is 3.74. The summed E-state index contributed by atoms with van der Waals surface area (Å²) in [6.45, 7) is 9.92. The van der Waals surface area contributed by atoms with Crippen LogP contribution in [0.5, 0.6) is 0 Å². The predicted molar refractivity (Wildman–Crippen MR) is 160 cm³/mol. The summed E-state index contributed by atoms with van der Waals surface area (Å²) in [5.41, 5.74) is 0.413. The van der Waals surface area contributed by atoms with E-state index in [1.54, 1.807) is 28.9 Å². The normalized spacial score (nSPS) is 28.7. The average Bonchev–Trinajstić information content (AvgIpc) is 3.58. The van der Waals surface area contributed by atoms with E-state index in [2.05, 4.69) is 29.1 Å². The summed E-state index contributed by atoms with van der Waals surface area (Å²) in [6, 6.07) is 17.2. The molecule has 9 heteroatoms. The van der Waals surface area contributed by atoms with Gasteiger partial charge in [-0.15, -0.1) is 13.2 Å². The Morgan fingerprint density at radius 2 is 1.73 bits per heavy atom. The first-order chi connectivity index (χ1) is 19.8. The molecule has 5 rings (SSSR count). The summed E-state index contributed by atoms with van der Waals surface area (Å²) in [6.07, 6.45) is 3.12. The number of nitrogens with zero attached hydrogens (tertiary/aromatic N) is 3. The number of likely N-dealkylation sites (tertiary alicyclic amines) is 1. The van der Waals surface area contributed by atoms with Gasteiger partial charge in [0.25, 0.3) is 0 Å². The van der Waals surface area contributed by atoms with Crippen molar-refractivity contribution >= 4 is 39.3 Å². The molecule has 3 fully saturated rings. The van der Waals surface area contributed by atoms with Crippen LogP contribution >= 0.6 is 15.9 Å². The number of rotatable bonds is 11. The summed E-state index contributed by atoms with van der Waals surface area (Å²) in [4.78, 5) is 47.6. The molecule has 8 nitrogen and oxygen atoms in total. The van der Waals surface area contributed by atoms with Crippen molar-refractivity contribution in [1.29, 1.82) is 0 Å². The van der Waals surface area contributed by atoms with Crippen molar-refractivity contribution in [2.24, 2.45) is 11.8 Å². The molecule has 3 unspecified atom stereocenters. The van der Waals surface area contributed by atoms with E-state index in [9.17, 15) is 19.5 Å². The van der Waals surface area contributed by atoms with E-state index in [1.807, 2.05) is 60.7 Å². The van der Waals surface area contributed by atoms with Crippen molar-refractivity contribution in [1.82, 2.24) is 9.80 Å². The molecule has 2 aromatic rings. The number of ether oxygens (including phenoxy) is 1. The number of anilines is 1. The minimum atomic E-state index is -1.22. The van der Waals surface area contributed by atoms with Crippen molar-refractivity contribution in [3.8, 4) is 0 Å². The number of hydrogen-bond donors (Lipinski definition) is 1. The first kappa shape index (κ1) is 29.2. The Morgan fingerprint density at radius 1 is 1.10 bits per heavy atom. The average molecular weight is 623 g/mol. The van der Waals surface area contributed by atoms with Gasteiger partial charge in [0.05, 0.1) is 30.6 Å². The molecule has 3 heterocycles. The molecule has 7 atom stereocenters. The second-order valence-corrected chi connectivity index (χ2v) is 12.2. The molecule has 1 N–H and O–H groups in total. The standard InChI is InChI=1S/C32H36BrN3O5/c1-4-16-34(19-22-12-8-6-9-13-22)31(40)28-32-18-24(33)27(41-32)25(26(32)30(39)36(28)21(3)20-37)29(38)35(17-5-2)23-14-10-7-11-15-23/h4-15,21,24-28,37H,1-2,16-20H2,3H3/t21-,24?,25+,26+,27+,28?,32?/m1/s1. The Balaban J connectivity index is 1.56. The smallest absolute Gasteiger partial charge is 0.249 e. The minimum Gasteiger partial charge on any atom is -0.394 e. The lowest BCUT2D eigenvalue weighted by molar-refractivity contribution is -0.150. The number of aliphatic hydroxyl groups excluding tert-OH is 1. The molecule has 3 amide bonds. The molecule has 3 aliphatic rings. The fraction of sp³-hybridized carbons (Fsp3) is 0.406. The van der Waals surface area contributed by atoms with E-state index in [0.717, 1.165) is 5.56 Å². The largest absolute Gasteiger partial charge is 0.394 e. The van der Waals surface area contributed by atoms with Crippen molar-refractivity contribution in [2.75, 3.05) is 24.6 Å². The number of carbonyl (C=O) groups excluding carboxylic acids is 3. The molecule has 216 valence electrons. The molecule has 1 spiro atoms. The second kappa shape index (κ2) is 11.9. The van der Waals surface area contributed by atoms with E-state index < -0.39 is 35.6 Å². The Kier molecular flexibility index (Phi) is 8.50. The van der Waals surface area contributed by atoms with Crippen LogP contribution in [0.1, 0.15) is 18.9 Å². The van der Waals surface area contributed by atoms with Crippen LogP contribution in [-0.2, 0) is 25.7 Å². The van der Waals surface area contributed by atoms with Crippen LogP contribution in [0.2, 0.25) is 0 Å². The lowest BCUT2D eigenvalue weighted by Gasteiger charge is -2.38. The number of para-hydroxylation sites is 1. The number of halogens is 1. The zero-order chi connectivity index (χ0) is 29.3. The Morgan fingerprint density at radius 3 is 2.34 bits per heavy atom. The maximum atomic E-state index is 14.5. The van der Waals surface area contributed by atoms with Crippen LogP contribution in [0.4, 0.5) is 5.69 Å². The van der Waals surface area contributed by atoms with E-state index in [0.29, 0.717) is 18.7 Å². The van der Waals surface area contributed by atoms with E-state index >= 15 is 0 Å². The van der Waals surface area contributed by atoms with Crippen LogP contribution in [0.25, 0.3) is 0 Å². The van der Waals surface area contributed by atoms with Crippen LogP contribution in [0, 0.1) is 11.8 Å². The summed E-state index contributed by atoms with van der Waals surface area (Å²) in [5, 5.41) is 10.2. The third kappa shape index (κ3) is 4.94. The Hall–Kier alpha value is -3.27. The van der Waals surface area contributed by atoms with Crippen LogP contribution in [0.3, 0.4) is 0 Å². The van der Waals surface area contributed by atoms with Gasteiger partial charge in [-0.3, -0.25) is 14.4 Å². The monoisotopic (exact) mass is 621 g/mol. The molecule has 2 aromatic carbocycles. The van der Waals surface area contributed by atoms with Crippen molar-refractivity contribution in [3.05, 3.63) is 91.5 Å². The maximum absolute atomic E-state index is 14.5. The van der Waals surface area contributed by atoms with Gasteiger partial charge in [0, 0.05) is 30.1 Å². The summed E-state index contributed by atoms with van der Waals surface area (Å²) < 4.78 is 6.66. The van der Waals surface area contributed by atoms with Crippen molar-refractivity contribution < 1.29 is 24.2 Å². The van der Waals surface area contributed by atoms with Crippen LogP contribution in [-0.4, -0.2) is 80.9 Å². The lowest BCUT2D eigenvalue weighted by Crippen LogP contribution is -2.58. The summed E-state index contributed by atoms with van der Waals surface area (Å²) in [7, 11) is 0. The molecular weight excluding hydrogens is 586 g/mol. The fourth-order valence-electron chi connectivity index (χ4n) is 6.80. The number of carbonyl (C=O) groups is 3. The van der Waals surface area contributed by atoms with Gasteiger partial charge in [-0.2, -0.15) is 0 Å².